The summed E-state index contributed by atoms with van der Waals surface area (Å²) >= 11 is 0. The molecule has 0 aliphatic carbocycles. The normalized spacial score (nSPS) is 9.82. The Bertz CT molecular complexity index is 458. The van der Waals surface area contributed by atoms with E-state index in [0.29, 0.717) is 11.4 Å². The number of aromatic nitrogens is 1. The van der Waals surface area contributed by atoms with E-state index in [9.17, 15) is 9.59 Å². The van der Waals surface area contributed by atoms with E-state index in [4.69, 9.17) is 5.73 Å². The number of ether oxygens (including phenoxy) is 1. The lowest BCUT2D eigenvalue weighted by Gasteiger charge is -2.11. The average Bonchev–Trinajstić information content (AvgIpc) is 2.24. The van der Waals surface area contributed by atoms with E-state index >= 15 is 0 Å². The number of nitrogens with zero attached hydrogens (tertiary/aromatic N) is 1. The van der Waals surface area contributed by atoms with Crippen molar-refractivity contribution in [3.8, 4) is 0 Å². The summed E-state index contributed by atoms with van der Waals surface area (Å²) in [7, 11) is 1.29. The lowest BCUT2D eigenvalue weighted by atomic mass is 10.1. The SMILES string of the molecule is COC(=O)CNc1nc(C)cc(C)c1C(N)=O. The van der Waals surface area contributed by atoms with Gasteiger partial charge in [-0.25, -0.2) is 4.98 Å². The molecule has 1 rings (SSSR count). The Kier molecular flexibility index (Phi) is 4.03. The standard InChI is InChI=1S/C11H15N3O3/c1-6-4-7(2)14-11(9(6)10(12)16)13-5-8(15)17-3/h4H,5H2,1-3H3,(H2,12,16)(H,13,14). The number of carbonyl (C=O) groups is 2. The van der Waals surface area contributed by atoms with Gasteiger partial charge in [0.25, 0.3) is 5.91 Å². The Labute approximate surface area is 99.2 Å². The van der Waals surface area contributed by atoms with Crippen molar-refractivity contribution >= 4 is 17.7 Å². The summed E-state index contributed by atoms with van der Waals surface area (Å²) < 4.78 is 4.49. The Morgan fingerprint density at radius 1 is 1.47 bits per heavy atom. The Morgan fingerprint density at radius 3 is 2.65 bits per heavy atom. The number of nitrogens with one attached hydrogen (secondary N) is 1. The van der Waals surface area contributed by atoms with Crippen LogP contribution in [0.15, 0.2) is 6.07 Å². The first kappa shape index (κ1) is 13.0. The molecular weight excluding hydrogens is 222 g/mol. The van der Waals surface area contributed by atoms with Gasteiger partial charge in [0.15, 0.2) is 0 Å². The highest BCUT2D eigenvalue weighted by atomic mass is 16.5. The third-order valence-corrected chi connectivity index (χ3v) is 2.22. The number of aryl methyl sites for hydroxylation is 2. The molecule has 0 saturated heterocycles. The number of esters is 1. The van der Waals surface area contributed by atoms with Crippen molar-refractivity contribution in [1.82, 2.24) is 4.98 Å². The molecule has 1 amide bonds. The second-order valence-corrected chi connectivity index (χ2v) is 3.60. The van der Waals surface area contributed by atoms with Crippen molar-refractivity contribution in [2.45, 2.75) is 13.8 Å². The molecule has 0 aliphatic heterocycles. The fourth-order valence-electron chi connectivity index (χ4n) is 1.50. The molecule has 3 N–H and O–H groups in total. The van der Waals surface area contributed by atoms with Gasteiger partial charge in [-0.1, -0.05) is 0 Å². The van der Waals surface area contributed by atoms with Crippen LogP contribution in [0, 0.1) is 13.8 Å². The third kappa shape index (κ3) is 3.17. The van der Waals surface area contributed by atoms with Crippen molar-refractivity contribution in [2.24, 2.45) is 5.73 Å². The van der Waals surface area contributed by atoms with E-state index in [1.165, 1.54) is 7.11 Å². The summed E-state index contributed by atoms with van der Waals surface area (Å²) in [6.07, 6.45) is 0. The number of methoxy groups -OCH3 is 1. The van der Waals surface area contributed by atoms with Crippen LogP contribution in [-0.2, 0) is 9.53 Å². The first-order valence-corrected chi connectivity index (χ1v) is 5.04. The topological polar surface area (TPSA) is 94.3 Å². The third-order valence-electron chi connectivity index (χ3n) is 2.22. The van der Waals surface area contributed by atoms with Gasteiger partial charge >= 0.3 is 5.97 Å². The number of anilines is 1. The monoisotopic (exact) mass is 237 g/mol. The van der Waals surface area contributed by atoms with E-state index in [-0.39, 0.29) is 6.54 Å². The zero-order chi connectivity index (χ0) is 13.0. The molecule has 1 aromatic rings. The molecule has 92 valence electrons. The van der Waals surface area contributed by atoms with Crippen molar-refractivity contribution < 1.29 is 14.3 Å². The molecule has 0 aliphatic rings. The largest absolute Gasteiger partial charge is 0.468 e. The molecule has 0 fully saturated rings. The fourth-order valence-corrected chi connectivity index (χ4v) is 1.50. The van der Waals surface area contributed by atoms with E-state index in [1.807, 2.05) is 0 Å². The van der Waals surface area contributed by atoms with Gasteiger partial charge in [-0.15, -0.1) is 0 Å². The second-order valence-electron chi connectivity index (χ2n) is 3.60. The number of carbonyl (C=O) groups excluding carboxylic acids is 2. The minimum atomic E-state index is -0.581. The highest BCUT2D eigenvalue weighted by Gasteiger charge is 2.14. The Hall–Kier alpha value is -2.11. The van der Waals surface area contributed by atoms with Gasteiger partial charge in [-0.05, 0) is 25.5 Å². The summed E-state index contributed by atoms with van der Waals surface area (Å²) in [4.78, 5) is 26.4. The van der Waals surface area contributed by atoms with Crippen molar-refractivity contribution in [3.63, 3.8) is 0 Å². The summed E-state index contributed by atoms with van der Waals surface area (Å²) in [5.41, 5.74) is 7.02. The van der Waals surface area contributed by atoms with Gasteiger partial charge in [0, 0.05) is 5.69 Å². The maximum atomic E-state index is 11.3. The number of pyridine rings is 1. The minimum absolute atomic E-state index is 0.0628. The van der Waals surface area contributed by atoms with Crippen LogP contribution < -0.4 is 11.1 Å². The summed E-state index contributed by atoms with van der Waals surface area (Å²) in [6.45, 7) is 3.49. The molecular formula is C11H15N3O3. The van der Waals surface area contributed by atoms with Gasteiger partial charge < -0.3 is 15.8 Å². The zero-order valence-electron chi connectivity index (χ0n) is 10.0. The number of amides is 1. The summed E-state index contributed by atoms with van der Waals surface area (Å²) in [6, 6.07) is 1.75. The van der Waals surface area contributed by atoms with Crippen molar-refractivity contribution in [2.75, 3.05) is 19.0 Å². The number of rotatable bonds is 4. The van der Waals surface area contributed by atoms with Crippen LogP contribution in [-0.4, -0.2) is 30.5 Å². The van der Waals surface area contributed by atoms with Crippen molar-refractivity contribution in [1.29, 1.82) is 0 Å². The average molecular weight is 237 g/mol. The molecule has 0 saturated carbocycles. The van der Waals surface area contributed by atoms with Crippen LogP contribution in [0.4, 0.5) is 5.82 Å². The van der Waals surface area contributed by atoms with E-state index in [2.05, 4.69) is 15.0 Å². The van der Waals surface area contributed by atoms with E-state index in [0.717, 1.165) is 11.3 Å². The van der Waals surface area contributed by atoms with E-state index in [1.54, 1.807) is 19.9 Å². The molecule has 6 heteroatoms. The predicted molar refractivity (Wildman–Crippen MR) is 62.7 cm³/mol. The van der Waals surface area contributed by atoms with Gasteiger partial charge in [-0.2, -0.15) is 0 Å². The number of nitrogens with two attached hydrogens (primary N) is 1. The molecule has 0 aromatic carbocycles. The minimum Gasteiger partial charge on any atom is -0.468 e. The molecule has 0 bridgehead atoms. The maximum absolute atomic E-state index is 11.3. The molecule has 6 nitrogen and oxygen atoms in total. The van der Waals surface area contributed by atoms with Crippen LogP contribution in [0.5, 0.6) is 0 Å². The first-order chi connectivity index (χ1) is 7.95. The second kappa shape index (κ2) is 5.29. The van der Waals surface area contributed by atoms with Gasteiger partial charge in [0.2, 0.25) is 0 Å². The maximum Gasteiger partial charge on any atom is 0.325 e. The fraction of sp³-hybridized carbons (Fsp3) is 0.364. The molecule has 0 radical (unpaired) electrons. The number of hydrogen-bond acceptors (Lipinski definition) is 5. The zero-order valence-corrected chi connectivity index (χ0v) is 10.0. The smallest absolute Gasteiger partial charge is 0.325 e. The molecule has 0 unspecified atom stereocenters. The van der Waals surface area contributed by atoms with Gasteiger partial charge in [0.1, 0.15) is 12.4 Å². The molecule has 0 spiro atoms. The van der Waals surface area contributed by atoms with Crippen molar-refractivity contribution in [3.05, 3.63) is 22.9 Å². The van der Waals surface area contributed by atoms with Crippen LogP contribution in [0.1, 0.15) is 21.6 Å². The highest BCUT2D eigenvalue weighted by molar-refractivity contribution is 5.99. The van der Waals surface area contributed by atoms with Crippen LogP contribution in [0.25, 0.3) is 0 Å². The number of hydrogen-bond donors (Lipinski definition) is 2. The lowest BCUT2D eigenvalue weighted by molar-refractivity contribution is -0.138. The Balaban J connectivity index is 3.04. The quantitative estimate of drug-likeness (QED) is 0.738. The number of primary amides is 1. The Morgan fingerprint density at radius 2 is 2.12 bits per heavy atom. The molecule has 1 aromatic heterocycles. The predicted octanol–water partition coefficient (Wildman–Crippen LogP) is 0.382. The molecule has 17 heavy (non-hydrogen) atoms. The van der Waals surface area contributed by atoms with Gasteiger partial charge in [0.05, 0.1) is 12.7 Å². The summed E-state index contributed by atoms with van der Waals surface area (Å²) in [5.74, 6) is -0.718. The summed E-state index contributed by atoms with van der Waals surface area (Å²) in [5, 5.41) is 2.74. The molecule has 0 atom stereocenters. The van der Waals surface area contributed by atoms with Crippen LogP contribution in [0.3, 0.4) is 0 Å². The van der Waals surface area contributed by atoms with Gasteiger partial charge in [-0.3, -0.25) is 9.59 Å². The van der Waals surface area contributed by atoms with E-state index < -0.39 is 11.9 Å². The lowest BCUT2D eigenvalue weighted by Crippen LogP contribution is -2.21. The molecule has 1 heterocycles. The van der Waals surface area contributed by atoms with Crippen LogP contribution in [0.2, 0.25) is 0 Å². The first-order valence-electron chi connectivity index (χ1n) is 5.04. The van der Waals surface area contributed by atoms with Crippen LogP contribution >= 0.6 is 0 Å². The highest BCUT2D eigenvalue weighted by Crippen LogP contribution is 2.17.